The minimum atomic E-state index is -1.18. The zero-order valence-corrected chi connectivity index (χ0v) is 14.6. The van der Waals surface area contributed by atoms with E-state index in [-0.39, 0.29) is 6.61 Å². The lowest BCUT2D eigenvalue weighted by Gasteiger charge is -2.02. The van der Waals surface area contributed by atoms with Gasteiger partial charge in [0.15, 0.2) is 0 Å². The summed E-state index contributed by atoms with van der Waals surface area (Å²) in [5.74, 6) is -0.383. The van der Waals surface area contributed by atoms with Crippen molar-refractivity contribution in [3.05, 3.63) is 41.3 Å². The molecule has 6 heteroatoms. The van der Waals surface area contributed by atoms with Crippen molar-refractivity contribution in [2.24, 2.45) is 0 Å². The van der Waals surface area contributed by atoms with Gasteiger partial charge in [0.05, 0.1) is 12.3 Å². The number of rotatable bonds is 9. The van der Waals surface area contributed by atoms with E-state index in [4.69, 9.17) is 14.3 Å². The third kappa shape index (κ3) is 5.74. The molecule has 1 N–H and O–H groups in total. The number of nitrogens with zero attached hydrogens (tertiary/aromatic N) is 1. The Bertz CT molecular complexity index is 718. The number of hydrogen-bond acceptors (Lipinski definition) is 5. The van der Waals surface area contributed by atoms with Gasteiger partial charge in [-0.1, -0.05) is 24.6 Å². The smallest absolute Gasteiger partial charge is 0.317 e. The second kappa shape index (κ2) is 9.01. The number of carboxylic acid groups (broad SMARTS) is 1. The fourth-order valence-corrected chi connectivity index (χ4v) is 2.43. The second-order valence-corrected chi connectivity index (χ2v) is 5.86. The molecule has 1 heterocycles. The Morgan fingerprint density at radius 1 is 1.20 bits per heavy atom. The summed E-state index contributed by atoms with van der Waals surface area (Å²) < 4.78 is 10.7. The van der Waals surface area contributed by atoms with Gasteiger partial charge >= 0.3 is 11.9 Å². The van der Waals surface area contributed by atoms with Crippen LogP contribution in [0, 0.1) is 6.92 Å². The Balaban J connectivity index is 1.86. The minimum Gasteiger partial charge on any atom is -0.481 e. The predicted molar refractivity (Wildman–Crippen MR) is 92.2 cm³/mol. The van der Waals surface area contributed by atoms with E-state index in [0.29, 0.717) is 12.3 Å². The summed E-state index contributed by atoms with van der Waals surface area (Å²) in [6, 6.07) is 8.03. The molecule has 1 aromatic heterocycles. The van der Waals surface area contributed by atoms with Crippen molar-refractivity contribution in [3.8, 4) is 11.5 Å². The number of benzene rings is 1. The highest BCUT2D eigenvalue weighted by atomic mass is 16.5. The van der Waals surface area contributed by atoms with E-state index in [1.165, 1.54) is 5.56 Å². The van der Waals surface area contributed by atoms with Crippen molar-refractivity contribution in [1.82, 2.24) is 4.98 Å². The lowest BCUT2D eigenvalue weighted by Crippen LogP contribution is -2.11. The highest BCUT2D eigenvalue weighted by Gasteiger charge is 2.13. The number of ether oxygens (including phenoxy) is 1. The first-order valence-electron chi connectivity index (χ1n) is 8.42. The first-order chi connectivity index (χ1) is 12.0. The molecule has 2 rings (SSSR count). The Kier molecular flexibility index (Phi) is 6.74. The molecule has 134 valence electrons. The summed E-state index contributed by atoms with van der Waals surface area (Å²) in [7, 11) is 0. The first kappa shape index (κ1) is 18.7. The molecular weight excluding hydrogens is 322 g/mol. The van der Waals surface area contributed by atoms with E-state index in [9.17, 15) is 9.59 Å². The van der Waals surface area contributed by atoms with E-state index in [0.717, 1.165) is 36.3 Å². The van der Waals surface area contributed by atoms with Crippen LogP contribution in [0.5, 0.6) is 0 Å². The van der Waals surface area contributed by atoms with Crippen molar-refractivity contribution in [1.29, 1.82) is 0 Å². The summed E-state index contributed by atoms with van der Waals surface area (Å²) >= 11 is 0. The molecule has 0 saturated carbocycles. The Labute approximate surface area is 146 Å². The summed E-state index contributed by atoms with van der Waals surface area (Å²) in [5, 5.41) is 8.48. The highest BCUT2D eigenvalue weighted by Crippen LogP contribution is 2.24. The van der Waals surface area contributed by atoms with E-state index in [1.54, 1.807) is 0 Å². The molecule has 0 aliphatic rings. The number of aliphatic carboxylic acids is 1. The number of carbonyl (C=O) groups excluding carboxylic acids is 1. The SMILES string of the molecule is CCc1oc(-c2ccc(C)cc2)nc1CCCCOC(=O)CC(=O)O. The van der Waals surface area contributed by atoms with Crippen LogP contribution in [0.2, 0.25) is 0 Å². The van der Waals surface area contributed by atoms with Crippen LogP contribution in [0.4, 0.5) is 0 Å². The van der Waals surface area contributed by atoms with Gasteiger partial charge in [0, 0.05) is 12.0 Å². The fourth-order valence-electron chi connectivity index (χ4n) is 2.43. The van der Waals surface area contributed by atoms with E-state index < -0.39 is 18.4 Å². The third-order valence-corrected chi connectivity index (χ3v) is 3.76. The molecule has 0 radical (unpaired) electrons. The number of carbonyl (C=O) groups is 2. The van der Waals surface area contributed by atoms with Crippen molar-refractivity contribution in [2.75, 3.05) is 6.61 Å². The maximum atomic E-state index is 11.1. The number of unbranched alkanes of at least 4 members (excludes halogenated alkanes) is 1. The van der Waals surface area contributed by atoms with Gasteiger partial charge in [0.25, 0.3) is 0 Å². The van der Waals surface area contributed by atoms with Crippen LogP contribution in [0.3, 0.4) is 0 Å². The standard InChI is InChI=1S/C19H23NO5/c1-3-16-15(6-4-5-11-24-18(23)12-17(21)22)20-19(25-16)14-9-7-13(2)8-10-14/h7-10H,3-6,11-12H2,1-2H3,(H,21,22). The molecule has 2 aromatic rings. The Morgan fingerprint density at radius 2 is 1.92 bits per heavy atom. The zero-order chi connectivity index (χ0) is 18.2. The van der Waals surface area contributed by atoms with Crippen molar-refractivity contribution < 1.29 is 23.8 Å². The quantitative estimate of drug-likeness (QED) is 0.425. The number of oxazole rings is 1. The van der Waals surface area contributed by atoms with Crippen LogP contribution in [0.1, 0.15) is 43.2 Å². The van der Waals surface area contributed by atoms with Gasteiger partial charge in [-0.2, -0.15) is 0 Å². The molecule has 0 unspecified atom stereocenters. The predicted octanol–water partition coefficient (Wildman–Crippen LogP) is 3.55. The Hall–Kier alpha value is -2.63. The molecule has 1 aromatic carbocycles. The van der Waals surface area contributed by atoms with Crippen LogP contribution in [-0.2, 0) is 27.2 Å². The summed E-state index contributed by atoms with van der Waals surface area (Å²) in [6.45, 7) is 4.28. The van der Waals surface area contributed by atoms with Crippen LogP contribution in [0.25, 0.3) is 11.5 Å². The van der Waals surface area contributed by atoms with Gasteiger partial charge in [-0.15, -0.1) is 0 Å². The molecule has 0 saturated heterocycles. The lowest BCUT2D eigenvalue weighted by molar-refractivity contribution is -0.151. The maximum Gasteiger partial charge on any atom is 0.317 e. The number of carboxylic acids is 1. The molecule has 0 spiro atoms. The number of hydrogen-bond donors (Lipinski definition) is 1. The van der Waals surface area contributed by atoms with E-state index >= 15 is 0 Å². The van der Waals surface area contributed by atoms with Crippen molar-refractivity contribution in [2.45, 2.75) is 46.0 Å². The van der Waals surface area contributed by atoms with Crippen molar-refractivity contribution >= 4 is 11.9 Å². The lowest BCUT2D eigenvalue weighted by atomic mass is 10.1. The van der Waals surface area contributed by atoms with Crippen LogP contribution in [-0.4, -0.2) is 28.6 Å². The third-order valence-electron chi connectivity index (χ3n) is 3.76. The van der Waals surface area contributed by atoms with Crippen LogP contribution >= 0.6 is 0 Å². The van der Waals surface area contributed by atoms with Crippen molar-refractivity contribution in [3.63, 3.8) is 0 Å². The molecule has 0 amide bonds. The van der Waals surface area contributed by atoms with Gasteiger partial charge in [-0.25, -0.2) is 4.98 Å². The zero-order valence-electron chi connectivity index (χ0n) is 14.6. The maximum absolute atomic E-state index is 11.1. The van der Waals surface area contributed by atoms with Gasteiger partial charge in [0.2, 0.25) is 5.89 Å². The number of aryl methyl sites for hydroxylation is 3. The number of esters is 1. The van der Waals surface area contributed by atoms with E-state index in [2.05, 4.69) is 4.98 Å². The molecule has 6 nitrogen and oxygen atoms in total. The summed E-state index contributed by atoms with van der Waals surface area (Å²) in [6.07, 6.45) is 2.34. The largest absolute Gasteiger partial charge is 0.481 e. The number of aromatic nitrogens is 1. The minimum absolute atomic E-state index is 0.218. The molecule has 0 fully saturated rings. The van der Waals surface area contributed by atoms with E-state index in [1.807, 2.05) is 38.1 Å². The first-order valence-corrected chi connectivity index (χ1v) is 8.42. The second-order valence-electron chi connectivity index (χ2n) is 5.86. The van der Waals surface area contributed by atoms with Crippen LogP contribution in [0.15, 0.2) is 28.7 Å². The van der Waals surface area contributed by atoms with Gasteiger partial charge in [0.1, 0.15) is 12.2 Å². The summed E-state index contributed by atoms with van der Waals surface area (Å²) in [4.78, 5) is 26.1. The van der Waals surface area contributed by atoms with Gasteiger partial charge in [-0.3, -0.25) is 9.59 Å². The normalized spacial score (nSPS) is 10.6. The van der Waals surface area contributed by atoms with Gasteiger partial charge < -0.3 is 14.3 Å². The highest BCUT2D eigenvalue weighted by molar-refractivity contribution is 5.90. The summed E-state index contributed by atoms with van der Waals surface area (Å²) in [5.41, 5.74) is 3.06. The van der Waals surface area contributed by atoms with Gasteiger partial charge in [-0.05, 0) is 38.3 Å². The molecular formula is C19H23NO5. The Morgan fingerprint density at radius 3 is 2.56 bits per heavy atom. The fraction of sp³-hybridized carbons (Fsp3) is 0.421. The average Bonchev–Trinajstić information content (AvgIpc) is 2.97. The molecule has 25 heavy (non-hydrogen) atoms. The monoisotopic (exact) mass is 345 g/mol. The average molecular weight is 345 g/mol. The van der Waals surface area contributed by atoms with Crippen LogP contribution < -0.4 is 0 Å². The molecule has 0 aliphatic carbocycles. The molecule has 0 atom stereocenters. The molecule has 0 bridgehead atoms. The topological polar surface area (TPSA) is 89.6 Å². The molecule has 0 aliphatic heterocycles.